The van der Waals surface area contributed by atoms with Crippen LogP contribution >= 0.6 is 0 Å². The first-order valence-electron chi connectivity index (χ1n) is 7.60. The molecule has 0 aliphatic heterocycles. The van der Waals surface area contributed by atoms with Crippen LogP contribution in [0.4, 0.5) is 0 Å². The average Bonchev–Trinajstić information content (AvgIpc) is 2.60. The molecule has 6 heteroatoms. The largest absolute Gasteiger partial charge is 0.396 e. The van der Waals surface area contributed by atoms with Gasteiger partial charge in [-0.15, -0.1) is 0 Å². The van der Waals surface area contributed by atoms with Crippen molar-refractivity contribution in [2.24, 2.45) is 0 Å². The molecule has 5 nitrogen and oxygen atoms in total. The van der Waals surface area contributed by atoms with E-state index in [0.717, 1.165) is 11.1 Å². The summed E-state index contributed by atoms with van der Waals surface area (Å²) in [6.07, 6.45) is 0.555. The Hall–Kier alpha value is -2.20. The van der Waals surface area contributed by atoms with E-state index in [0.29, 0.717) is 6.42 Å². The molecule has 0 aliphatic carbocycles. The van der Waals surface area contributed by atoms with Crippen molar-refractivity contribution in [2.75, 3.05) is 13.7 Å². The summed E-state index contributed by atoms with van der Waals surface area (Å²) < 4.78 is 27.0. The van der Waals surface area contributed by atoms with Crippen LogP contribution in [0.5, 0.6) is 0 Å². The summed E-state index contributed by atoms with van der Waals surface area (Å²) in [4.78, 5) is 0.172. The number of hydrogen-bond donors (Lipinski definition) is 1. The highest BCUT2D eigenvalue weighted by Gasteiger charge is 2.28. The van der Waals surface area contributed by atoms with Crippen molar-refractivity contribution in [1.29, 1.82) is 5.26 Å². The molecule has 2 rings (SSSR count). The smallest absolute Gasteiger partial charge is 0.243 e. The van der Waals surface area contributed by atoms with E-state index in [4.69, 9.17) is 5.26 Å². The van der Waals surface area contributed by atoms with Crippen molar-refractivity contribution in [3.63, 3.8) is 0 Å². The topological polar surface area (TPSA) is 81.4 Å². The van der Waals surface area contributed by atoms with Crippen LogP contribution in [0.2, 0.25) is 0 Å². The molecule has 0 heterocycles. The van der Waals surface area contributed by atoms with Gasteiger partial charge in [-0.1, -0.05) is 42.5 Å². The van der Waals surface area contributed by atoms with Crippen LogP contribution in [0, 0.1) is 11.3 Å². The molecule has 1 unspecified atom stereocenters. The number of nitriles is 1. The third-order valence-electron chi connectivity index (χ3n) is 3.91. The molecular formula is C18H20N2O3S. The fourth-order valence-corrected chi connectivity index (χ4v) is 3.93. The highest BCUT2D eigenvalue weighted by Crippen LogP contribution is 2.28. The number of rotatable bonds is 7. The third-order valence-corrected chi connectivity index (χ3v) is 5.79. The van der Waals surface area contributed by atoms with Crippen molar-refractivity contribution < 1.29 is 13.5 Å². The van der Waals surface area contributed by atoms with Crippen LogP contribution in [0.1, 0.15) is 23.6 Å². The number of aliphatic hydroxyl groups is 1. The standard InChI is InChI=1S/C18H20N2O3S/c1-20(18(12-14-21)16-5-3-2-4-6-16)24(22,23)17-9-7-15(8-10-17)11-13-19/h2-10,18,21H,11-12,14H2,1H3. The van der Waals surface area contributed by atoms with E-state index < -0.39 is 16.1 Å². The van der Waals surface area contributed by atoms with Crippen molar-refractivity contribution in [1.82, 2.24) is 4.31 Å². The van der Waals surface area contributed by atoms with Crippen molar-refractivity contribution >= 4 is 10.0 Å². The summed E-state index contributed by atoms with van der Waals surface area (Å²) >= 11 is 0. The monoisotopic (exact) mass is 344 g/mol. The highest BCUT2D eigenvalue weighted by molar-refractivity contribution is 7.89. The van der Waals surface area contributed by atoms with Crippen LogP contribution in [0.3, 0.4) is 0 Å². The molecule has 2 aromatic carbocycles. The maximum Gasteiger partial charge on any atom is 0.243 e. The van der Waals surface area contributed by atoms with Gasteiger partial charge in [0.15, 0.2) is 0 Å². The summed E-state index contributed by atoms with van der Waals surface area (Å²) in [5.41, 5.74) is 1.60. The lowest BCUT2D eigenvalue weighted by molar-refractivity contribution is 0.240. The molecule has 0 aromatic heterocycles. The van der Waals surface area contributed by atoms with Gasteiger partial charge in [0.2, 0.25) is 10.0 Å². The summed E-state index contributed by atoms with van der Waals surface area (Å²) in [5.74, 6) is 0. The summed E-state index contributed by atoms with van der Waals surface area (Å²) in [7, 11) is -2.18. The third kappa shape index (κ3) is 4.01. The lowest BCUT2D eigenvalue weighted by atomic mass is 10.0. The highest BCUT2D eigenvalue weighted by atomic mass is 32.2. The Morgan fingerprint density at radius 3 is 2.29 bits per heavy atom. The minimum Gasteiger partial charge on any atom is -0.396 e. The quantitative estimate of drug-likeness (QED) is 0.837. The Balaban J connectivity index is 2.33. The second-order valence-electron chi connectivity index (χ2n) is 5.44. The van der Waals surface area contributed by atoms with Gasteiger partial charge in [-0.05, 0) is 29.7 Å². The van der Waals surface area contributed by atoms with E-state index in [1.54, 1.807) is 12.1 Å². The number of aliphatic hydroxyl groups excluding tert-OH is 1. The number of hydrogen-bond acceptors (Lipinski definition) is 4. The summed E-state index contributed by atoms with van der Waals surface area (Å²) in [6.45, 7) is -0.111. The maximum atomic E-state index is 12.9. The van der Waals surface area contributed by atoms with Gasteiger partial charge in [-0.2, -0.15) is 9.57 Å². The zero-order valence-electron chi connectivity index (χ0n) is 13.5. The maximum absolute atomic E-state index is 12.9. The Bertz CT molecular complexity index is 796. The molecule has 1 atom stereocenters. The Kier molecular flexibility index (Phi) is 6.10. The van der Waals surface area contributed by atoms with E-state index in [-0.39, 0.29) is 17.9 Å². The van der Waals surface area contributed by atoms with E-state index in [1.807, 2.05) is 36.4 Å². The number of sulfonamides is 1. The SMILES string of the molecule is CN(C(CCO)c1ccccc1)S(=O)(=O)c1ccc(CC#N)cc1. The average molecular weight is 344 g/mol. The lowest BCUT2D eigenvalue weighted by Crippen LogP contribution is -2.32. The van der Waals surface area contributed by atoms with Crippen molar-refractivity contribution in [2.45, 2.75) is 23.8 Å². The van der Waals surface area contributed by atoms with E-state index in [2.05, 4.69) is 0 Å². The van der Waals surface area contributed by atoms with Crippen LogP contribution in [-0.2, 0) is 16.4 Å². The molecule has 126 valence electrons. The first-order chi connectivity index (χ1) is 11.5. The minimum atomic E-state index is -3.70. The van der Waals surface area contributed by atoms with Gasteiger partial charge in [0, 0.05) is 13.7 Å². The van der Waals surface area contributed by atoms with E-state index >= 15 is 0 Å². The van der Waals surface area contributed by atoms with Crippen molar-refractivity contribution in [3.8, 4) is 6.07 Å². The summed E-state index contributed by atoms with van der Waals surface area (Å²) in [6, 6.07) is 17.2. The van der Waals surface area contributed by atoms with Crippen molar-refractivity contribution in [3.05, 3.63) is 65.7 Å². The van der Waals surface area contributed by atoms with Gasteiger partial charge in [-0.3, -0.25) is 0 Å². The lowest BCUT2D eigenvalue weighted by Gasteiger charge is -2.27. The molecule has 0 bridgehead atoms. The van der Waals surface area contributed by atoms with Gasteiger partial charge in [0.05, 0.1) is 23.4 Å². The molecule has 0 radical (unpaired) electrons. The second kappa shape index (κ2) is 8.06. The molecule has 0 fully saturated rings. The Morgan fingerprint density at radius 2 is 1.75 bits per heavy atom. The fourth-order valence-electron chi connectivity index (χ4n) is 2.56. The first-order valence-corrected chi connectivity index (χ1v) is 9.04. The Labute approximate surface area is 142 Å². The van der Waals surface area contributed by atoms with Gasteiger partial charge in [0.1, 0.15) is 0 Å². The van der Waals surface area contributed by atoms with Crippen LogP contribution in [-0.4, -0.2) is 31.5 Å². The second-order valence-corrected chi connectivity index (χ2v) is 7.44. The molecule has 0 spiro atoms. The normalized spacial score (nSPS) is 12.8. The fraction of sp³-hybridized carbons (Fsp3) is 0.278. The zero-order chi connectivity index (χ0) is 17.6. The van der Waals surface area contributed by atoms with Gasteiger partial charge in [0.25, 0.3) is 0 Å². The minimum absolute atomic E-state index is 0.111. The predicted octanol–water partition coefficient (Wildman–Crippen LogP) is 2.50. The molecule has 0 aliphatic rings. The molecule has 0 saturated carbocycles. The molecular weight excluding hydrogens is 324 g/mol. The first kappa shape index (κ1) is 18.1. The van der Waals surface area contributed by atoms with E-state index in [1.165, 1.54) is 23.5 Å². The molecule has 1 N–H and O–H groups in total. The number of nitrogens with zero attached hydrogens (tertiary/aromatic N) is 2. The summed E-state index contributed by atoms with van der Waals surface area (Å²) in [5, 5.41) is 18.0. The van der Waals surface area contributed by atoms with Crippen LogP contribution in [0.15, 0.2) is 59.5 Å². The zero-order valence-corrected chi connectivity index (χ0v) is 14.3. The van der Waals surface area contributed by atoms with Gasteiger partial charge in [-0.25, -0.2) is 8.42 Å². The molecule has 0 amide bonds. The van der Waals surface area contributed by atoms with Gasteiger partial charge >= 0.3 is 0 Å². The molecule has 2 aromatic rings. The van der Waals surface area contributed by atoms with E-state index in [9.17, 15) is 13.5 Å². The molecule has 0 saturated heterocycles. The number of benzene rings is 2. The van der Waals surface area contributed by atoms with Gasteiger partial charge < -0.3 is 5.11 Å². The Morgan fingerprint density at radius 1 is 1.12 bits per heavy atom. The van der Waals surface area contributed by atoms with Crippen LogP contribution in [0.25, 0.3) is 0 Å². The predicted molar refractivity (Wildman–Crippen MR) is 91.6 cm³/mol. The van der Waals surface area contributed by atoms with Crippen LogP contribution < -0.4 is 0 Å². The molecule has 24 heavy (non-hydrogen) atoms.